The minimum Gasteiger partial charge on any atom is -0.401 e. The molecule has 0 aromatic heterocycles. The normalized spacial score (nSPS) is 11.4. The Balaban J connectivity index is 2.92. The number of alkyl halides is 3. The van der Waals surface area contributed by atoms with Crippen molar-refractivity contribution in [2.24, 2.45) is 0 Å². The molecule has 0 aliphatic carbocycles. The molecule has 0 saturated heterocycles. The molecule has 0 heterocycles. The van der Waals surface area contributed by atoms with Crippen LogP contribution in [0.3, 0.4) is 0 Å². The molecule has 0 aliphatic heterocycles. The van der Waals surface area contributed by atoms with Crippen molar-refractivity contribution < 1.29 is 21.9 Å². The molecule has 13 heavy (non-hydrogen) atoms. The molecule has 0 amide bonds. The SMILES string of the molecule is OSOc1cccc(C(F)(F)F)c1. The molecule has 1 rings (SSSR count). The summed E-state index contributed by atoms with van der Waals surface area (Å²) in [5, 5.41) is 0. The second-order valence-corrected chi connectivity index (χ2v) is 2.50. The summed E-state index contributed by atoms with van der Waals surface area (Å²) in [5.41, 5.74) is -0.806. The van der Waals surface area contributed by atoms with Crippen molar-refractivity contribution in [2.75, 3.05) is 0 Å². The Morgan fingerprint density at radius 2 is 2.00 bits per heavy atom. The molecule has 0 spiro atoms. The van der Waals surface area contributed by atoms with Crippen LogP contribution in [-0.2, 0) is 6.18 Å². The zero-order chi connectivity index (χ0) is 9.90. The van der Waals surface area contributed by atoms with Crippen LogP contribution in [0.5, 0.6) is 5.75 Å². The molecule has 0 aliphatic rings. The highest BCUT2D eigenvalue weighted by Crippen LogP contribution is 2.31. The highest BCUT2D eigenvalue weighted by Gasteiger charge is 2.30. The van der Waals surface area contributed by atoms with E-state index in [1.165, 1.54) is 12.1 Å². The second-order valence-electron chi connectivity index (χ2n) is 2.18. The molecular weight excluding hydrogens is 205 g/mol. The maximum atomic E-state index is 12.1. The minimum atomic E-state index is -4.39. The average Bonchev–Trinajstić information content (AvgIpc) is 2.04. The van der Waals surface area contributed by atoms with Gasteiger partial charge in [-0.1, -0.05) is 6.07 Å². The van der Waals surface area contributed by atoms with E-state index in [1.54, 1.807) is 0 Å². The third-order valence-electron chi connectivity index (χ3n) is 1.29. The topological polar surface area (TPSA) is 29.5 Å². The molecule has 72 valence electrons. The average molecular weight is 210 g/mol. The van der Waals surface area contributed by atoms with Crippen LogP contribution in [0.25, 0.3) is 0 Å². The van der Waals surface area contributed by atoms with Gasteiger partial charge in [0.15, 0.2) is 0 Å². The number of rotatable bonds is 2. The van der Waals surface area contributed by atoms with Crippen molar-refractivity contribution in [2.45, 2.75) is 6.18 Å². The van der Waals surface area contributed by atoms with Gasteiger partial charge in [0, 0.05) is 0 Å². The molecule has 1 N–H and O–H groups in total. The molecule has 0 atom stereocenters. The van der Waals surface area contributed by atoms with Gasteiger partial charge in [-0.2, -0.15) is 13.2 Å². The summed E-state index contributed by atoms with van der Waals surface area (Å²) in [7, 11) is 0. The maximum Gasteiger partial charge on any atom is 0.416 e. The summed E-state index contributed by atoms with van der Waals surface area (Å²) >= 11 is 0.00671. The number of benzene rings is 1. The Bertz CT molecular complexity index is 287. The van der Waals surface area contributed by atoms with Gasteiger partial charge in [-0.15, -0.1) is 0 Å². The Morgan fingerprint density at radius 3 is 2.54 bits per heavy atom. The van der Waals surface area contributed by atoms with Gasteiger partial charge in [-0.25, -0.2) is 0 Å². The van der Waals surface area contributed by atoms with Gasteiger partial charge >= 0.3 is 6.18 Å². The fourth-order valence-corrected chi connectivity index (χ4v) is 0.957. The van der Waals surface area contributed by atoms with Crippen LogP contribution in [0.2, 0.25) is 0 Å². The van der Waals surface area contributed by atoms with Crippen molar-refractivity contribution in [3.63, 3.8) is 0 Å². The smallest absolute Gasteiger partial charge is 0.401 e. The van der Waals surface area contributed by atoms with E-state index in [2.05, 4.69) is 4.18 Å². The first-order valence-corrected chi connectivity index (χ1v) is 3.89. The predicted octanol–water partition coefficient (Wildman–Crippen LogP) is 3.21. The Labute approximate surface area is 76.7 Å². The zero-order valence-corrected chi connectivity index (χ0v) is 7.02. The van der Waals surface area contributed by atoms with E-state index in [1.807, 2.05) is 0 Å². The number of hydrogen-bond donors (Lipinski definition) is 1. The monoisotopic (exact) mass is 210 g/mol. The van der Waals surface area contributed by atoms with Crippen LogP contribution < -0.4 is 4.18 Å². The van der Waals surface area contributed by atoms with Crippen LogP contribution in [0.15, 0.2) is 24.3 Å². The largest absolute Gasteiger partial charge is 0.416 e. The van der Waals surface area contributed by atoms with Crippen LogP contribution in [0.1, 0.15) is 5.56 Å². The van der Waals surface area contributed by atoms with E-state index < -0.39 is 11.7 Å². The molecule has 0 unspecified atom stereocenters. The van der Waals surface area contributed by atoms with Gasteiger partial charge in [0.1, 0.15) is 5.75 Å². The lowest BCUT2D eigenvalue weighted by Gasteiger charge is -2.07. The number of hydrogen-bond acceptors (Lipinski definition) is 3. The quantitative estimate of drug-likeness (QED) is 0.760. The lowest BCUT2D eigenvalue weighted by Crippen LogP contribution is -2.04. The van der Waals surface area contributed by atoms with Crippen molar-refractivity contribution >= 4 is 12.3 Å². The minimum absolute atomic E-state index is 0.00671. The standard InChI is InChI=1S/C7H5F3O2S/c8-7(9,10)5-2-1-3-6(4-5)12-13-11/h1-4,11H. The van der Waals surface area contributed by atoms with Crippen molar-refractivity contribution in [3.8, 4) is 5.75 Å². The summed E-state index contributed by atoms with van der Waals surface area (Å²) < 4.78 is 48.9. The first kappa shape index (κ1) is 10.2. The molecule has 1 aromatic rings. The van der Waals surface area contributed by atoms with E-state index in [0.29, 0.717) is 0 Å². The molecule has 2 nitrogen and oxygen atoms in total. The van der Waals surface area contributed by atoms with E-state index >= 15 is 0 Å². The van der Waals surface area contributed by atoms with Crippen molar-refractivity contribution in [1.29, 1.82) is 0 Å². The van der Waals surface area contributed by atoms with Gasteiger partial charge in [0.05, 0.1) is 5.56 Å². The first-order chi connectivity index (χ1) is 6.04. The summed E-state index contributed by atoms with van der Waals surface area (Å²) in [6, 6.07) is 4.25. The van der Waals surface area contributed by atoms with Gasteiger partial charge in [-0.3, -0.25) is 4.55 Å². The van der Waals surface area contributed by atoms with Gasteiger partial charge in [-0.05, 0) is 18.2 Å². The highest BCUT2D eigenvalue weighted by molar-refractivity contribution is 7.89. The molecule has 6 heteroatoms. The van der Waals surface area contributed by atoms with Crippen LogP contribution in [0.4, 0.5) is 13.2 Å². The van der Waals surface area contributed by atoms with E-state index in [0.717, 1.165) is 12.1 Å². The molecule has 0 saturated carbocycles. The lowest BCUT2D eigenvalue weighted by atomic mass is 10.2. The van der Waals surface area contributed by atoms with Crippen molar-refractivity contribution in [1.82, 2.24) is 0 Å². The molecule has 0 bridgehead atoms. The van der Waals surface area contributed by atoms with E-state index in [-0.39, 0.29) is 18.1 Å². The summed E-state index contributed by atoms with van der Waals surface area (Å²) in [6.45, 7) is 0. The predicted molar refractivity (Wildman–Crippen MR) is 42.3 cm³/mol. The second kappa shape index (κ2) is 3.89. The van der Waals surface area contributed by atoms with Gasteiger partial charge in [0.2, 0.25) is 12.3 Å². The fraction of sp³-hybridized carbons (Fsp3) is 0.143. The van der Waals surface area contributed by atoms with E-state index in [4.69, 9.17) is 4.55 Å². The van der Waals surface area contributed by atoms with Crippen LogP contribution >= 0.6 is 12.3 Å². The van der Waals surface area contributed by atoms with Gasteiger partial charge in [0.25, 0.3) is 0 Å². The molecule has 0 fully saturated rings. The Morgan fingerprint density at radius 1 is 1.31 bits per heavy atom. The van der Waals surface area contributed by atoms with Crippen LogP contribution in [0, 0.1) is 0 Å². The van der Waals surface area contributed by atoms with Crippen molar-refractivity contribution in [3.05, 3.63) is 29.8 Å². The molecular formula is C7H5F3O2S. The molecule has 0 radical (unpaired) electrons. The molecule has 1 aromatic carbocycles. The fourth-order valence-electron chi connectivity index (χ4n) is 0.767. The van der Waals surface area contributed by atoms with Gasteiger partial charge < -0.3 is 4.18 Å². The Kier molecular flexibility index (Phi) is 3.05. The van der Waals surface area contributed by atoms with E-state index in [9.17, 15) is 13.2 Å². The maximum absolute atomic E-state index is 12.1. The highest BCUT2D eigenvalue weighted by atomic mass is 32.2. The third kappa shape index (κ3) is 2.82. The first-order valence-electron chi connectivity index (χ1n) is 3.19. The lowest BCUT2D eigenvalue weighted by molar-refractivity contribution is -0.137. The van der Waals surface area contributed by atoms with Crippen LogP contribution in [-0.4, -0.2) is 4.55 Å². The third-order valence-corrected chi connectivity index (χ3v) is 1.56. The summed E-state index contributed by atoms with van der Waals surface area (Å²) in [6.07, 6.45) is -4.39. The number of halogens is 3. The zero-order valence-electron chi connectivity index (χ0n) is 6.21. The summed E-state index contributed by atoms with van der Waals surface area (Å²) in [5.74, 6) is -0.0395. The Hall–Kier alpha value is -0.880. The summed E-state index contributed by atoms with van der Waals surface area (Å²) in [4.78, 5) is 0.